The summed E-state index contributed by atoms with van der Waals surface area (Å²) in [6.45, 7) is 7.21. The van der Waals surface area contributed by atoms with Gasteiger partial charge in [0.05, 0.1) is 0 Å². The minimum atomic E-state index is -0.0536. The molecular weight excluding hydrogens is 190 g/mol. The van der Waals surface area contributed by atoms with E-state index < -0.39 is 0 Å². The maximum absolute atomic E-state index is 11.6. The van der Waals surface area contributed by atoms with Crippen molar-refractivity contribution in [3.63, 3.8) is 0 Å². The van der Waals surface area contributed by atoms with E-state index in [4.69, 9.17) is 0 Å². The van der Waals surface area contributed by atoms with Gasteiger partial charge in [0.1, 0.15) is 5.82 Å². The summed E-state index contributed by atoms with van der Waals surface area (Å²) in [5, 5.41) is 5.86. The Kier molecular flexibility index (Phi) is 4.09. The highest BCUT2D eigenvalue weighted by atomic mass is 16.1. The summed E-state index contributed by atoms with van der Waals surface area (Å²) in [7, 11) is 0. The van der Waals surface area contributed by atoms with Gasteiger partial charge < -0.3 is 10.6 Å². The van der Waals surface area contributed by atoms with E-state index in [1.807, 2.05) is 20.8 Å². The van der Waals surface area contributed by atoms with E-state index in [1.165, 1.54) is 0 Å². The Morgan fingerprint density at radius 3 is 2.67 bits per heavy atom. The highest BCUT2D eigenvalue weighted by Crippen LogP contribution is 2.09. The van der Waals surface area contributed by atoms with E-state index in [0.29, 0.717) is 12.1 Å². The predicted octanol–water partition coefficient (Wildman–Crippen LogP) is 1.57. The highest BCUT2D eigenvalue weighted by molar-refractivity contribution is 5.94. The van der Waals surface area contributed by atoms with Gasteiger partial charge in [0, 0.05) is 24.3 Å². The largest absolute Gasteiger partial charge is 0.370 e. The molecule has 0 radical (unpaired) electrons. The number of carbonyl (C=O) groups is 1. The van der Waals surface area contributed by atoms with Crippen molar-refractivity contribution in [1.29, 1.82) is 0 Å². The Morgan fingerprint density at radius 2 is 2.07 bits per heavy atom. The van der Waals surface area contributed by atoms with Crippen LogP contribution in [-0.4, -0.2) is 24.0 Å². The van der Waals surface area contributed by atoms with Crippen LogP contribution >= 0.6 is 0 Å². The lowest BCUT2D eigenvalue weighted by Crippen LogP contribution is -2.23. The lowest BCUT2D eigenvalue weighted by atomic mass is 10.2. The highest BCUT2D eigenvalue weighted by Gasteiger charge is 2.06. The van der Waals surface area contributed by atoms with Crippen molar-refractivity contribution in [2.45, 2.75) is 20.8 Å². The van der Waals surface area contributed by atoms with Gasteiger partial charge in [-0.25, -0.2) is 4.98 Å². The summed E-state index contributed by atoms with van der Waals surface area (Å²) in [5.74, 6) is 0.695. The standard InChI is InChI=1S/C11H17N3O/c1-4-12-10-7-9(6-8(3)14-10)11(15)13-5-2/h6-7H,4-5H2,1-3H3,(H,12,14)(H,13,15). The van der Waals surface area contributed by atoms with Crippen LogP contribution in [-0.2, 0) is 0 Å². The van der Waals surface area contributed by atoms with Crippen LogP contribution in [0.2, 0.25) is 0 Å². The quantitative estimate of drug-likeness (QED) is 0.788. The molecule has 1 rings (SSSR count). The lowest BCUT2D eigenvalue weighted by molar-refractivity contribution is 0.0955. The molecule has 1 aromatic heterocycles. The van der Waals surface area contributed by atoms with Crippen LogP contribution in [0.4, 0.5) is 5.82 Å². The summed E-state index contributed by atoms with van der Waals surface area (Å²) >= 11 is 0. The van der Waals surface area contributed by atoms with Gasteiger partial charge in [-0.2, -0.15) is 0 Å². The normalized spacial score (nSPS) is 9.80. The summed E-state index contributed by atoms with van der Waals surface area (Å²) in [6.07, 6.45) is 0. The van der Waals surface area contributed by atoms with Crippen LogP contribution in [0.1, 0.15) is 29.9 Å². The molecule has 0 aliphatic rings. The Hall–Kier alpha value is -1.58. The number of carbonyl (C=O) groups excluding carboxylic acids is 1. The smallest absolute Gasteiger partial charge is 0.251 e. The van der Waals surface area contributed by atoms with Crippen molar-refractivity contribution >= 4 is 11.7 Å². The molecule has 1 heterocycles. The second kappa shape index (κ2) is 5.34. The predicted molar refractivity (Wildman–Crippen MR) is 61.1 cm³/mol. The second-order valence-corrected chi connectivity index (χ2v) is 3.27. The first-order valence-electron chi connectivity index (χ1n) is 5.18. The number of amides is 1. The molecule has 1 aromatic rings. The molecule has 0 aliphatic carbocycles. The number of aryl methyl sites for hydroxylation is 1. The molecule has 0 unspecified atom stereocenters. The van der Waals surface area contributed by atoms with E-state index in [0.717, 1.165) is 18.1 Å². The molecule has 0 saturated heterocycles. The fourth-order valence-electron chi connectivity index (χ4n) is 1.33. The van der Waals surface area contributed by atoms with Crippen LogP contribution in [0, 0.1) is 6.92 Å². The summed E-state index contributed by atoms with van der Waals surface area (Å²) in [5.41, 5.74) is 1.50. The monoisotopic (exact) mass is 207 g/mol. The van der Waals surface area contributed by atoms with Crippen molar-refractivity contribution in [2.24, 2.45) is 0 Å². The number of aromatic nitrogens is 1. The third-order valence-electron chi connectivity index (χ3n) is 1.91. The average Bonchev–Trinajstić information content (AvgIpc) is 2.17. The Labute approximate surface area is 90.1 Å². The lowest BCUT2D eigenvalue weighted by Gasteiger charge is -2.07. The molecule has 0 aliphatic heterocycles. The number of hydrogen-bond donors (Lipinski definition) is 2. The van der Waals surface area contributed by atoms with E-state index in [9.17, 15) is 4.79 Å². The van der Waals surface area contributed by atoms with Crippen molar-refractivity contribution in [2.75, 3.05) is 18.4 Å². The molecule has 0 saturated carbocycles. The summed E-state index contributed by atoms with van der Waals surface area (Å²) < 4.78 is 0. The van der Waals surface area contributed by atoms with Gasteiger partial charge in [0.2, 0.25) is 0 Å². The second-order valence-electron chi connectivity index (χ2n) is 3.27. The third kappa shape index (κ3) is 3.23. The Morgan fingerprint density at radius 1 is 1.33 bits per heavy atom. The first kappa shape index (κ1) is 11.5. The molecule has 4 heteroatoms. The van der Waals surface area contributed by atoms with Crippen LogP contribution in [0.15, 0.2) is 12.1 Å². The average molecular weight is 207 g/mol. The van der Waals surface area contributed by atoms with E-state index in [-0.39, 0.29) is 5.91 Å². The van der Waals surface area contributed by atoms with Crippen LogP contribution in [0.5, 0.6) is 0 Å². The molecule has 0 fully saturated rings. The molecule has 0 spiro atoms. The number of pyridine rings is 1. The number of hydrogen-bond acceptors (Lipinski definition) is 3. The Bertz CT molecular complexity index is 350. The van der Waals surface area contributed by atoms with Gasteiger partial charge in [0.25, 0.3) is 5.91 Å². The van der Waals surface area contributed by atoms with Crippen LogP contribution in [0.25, 0.3) is 0 Å². The van der Waals surface area contributed by atoms with Crippen molar-refractivity contribution < 1.29 is 4.79 Å². The summed E-state index contributed by atoms with van der Waals surface area (Å²) in [6, 6.07) is 3.55. The molecule has 2 N–H and O–H groups in total. The minimum absolute atomic E-state index is 0.0536. The van der Waals surface area contributed by atoms with Gasteiger partial charge in [-0.15, -0.1) is 0 Å². The minimum Gasteiger partial charge on any atom is -0.370 e. The topological polar surface area (TPSA) is 54.0 Å². The molecule has 82 valence electrons. The first-order chi connectivity index (χ1) is 7.17. The molecule has 4 nitrogen and oxygen atoms in total. The fourth-order valence-corrected chi connectivity index (χ4v) is 1.33. The van der Waals surface area contributed by atoms with Crippen molar-refractivity contribution in [1.82, 2.24) is 10.3 Å². The number of rotatable bonds is 4. The summed E-state index contributed by atoms with van der Waals surface area (Å²) in [4.78, 5) is 15.9. The zero-order valence-electron chi connectivity index (χ0n) is 9.42. The molecule has 15 heavy (non-hydrogen) atoms. The van der Waals surface area contributed by atoms with Gasteiger partial charge in [-0.3, -0.25) is 4.79 Å². The van der Waals surface area contributed by atoms with E-state index >= 15 is 0 Å². The third-order valence-corrected chi connectivity index (χ3v) is 1.91. The van der Waals surface area contributed by atoms with E-state index in [1.54, 1.807) is 12.1 Å². The van der Waals surface area contributed by atoms with Gasteiger partial charge >= 0.3 is 0 Å². The SMILES string of the molecule is CCNC(=O)c1cc(C)nc(NCC)c1. The number of nitrogens with one attached hydrogen (secondary N) is 2. The van der Waals surface area contributed by atoms with E-state index in [2.05, 4.69) is 15.6 Å². The molecule has 1 amide bonds. The Balaban J connectivity index is 2.92. The molecule has 0 atom stereocenters. The maximum Gasteiger partial charge on any atom is 0.251 e. The zero-order valence-corrected chi connectivity index (χ0v) is 9.42. The van der Waals surface area contributed by atoms with Crippen LogP contribution in [0.3, 0.4) is 0 Å². The molecule has 0 aromatic carbocycles. The number of anilines is 1. The maximum atomic E-state index is 11.6. The first-order valence-corrected chi connectivity index (χ1v) is 5.18. The van der Waals surface area contributed by atoms with Crippen molar-refractivity contribution in [3.8, 4) is 0 Å². The fraction of sp³-hybridized carbons (Fsp3) is 0.455. The zero-order chi connectivity index (χ0) is 11.3. The van der Waals surface area contributed by atoms with Gasteiger partial charge in [-0.1, -0.05) is 0 Å². The van der Waals surface area contributed by atoms with Gasteiger partial charge in [0.15, 0.2) is 0 Å². The van der Waals surface area contributed by atoms with Crippen LogP contribution < -0.4 is 10.6 Å². The van der Waals surface area contributed by atoms with Crippen molar-refractivity contribution in [3.05, 3.63) is 23.4 Å². The molecule has 0 bridgehead atoms. The van der Waals surface area contributed by atoms with Gasteiger partial charge in [-0.05, 0) is 32.9 Å². The molecular formula is C11H17N3O. The number of nitrogens with zero attached hydrogens (tertiary/aromatic N) is 1.